The largest absolute Gasteiger partial charge is 0.379 e. The van der Waals surface area contributed by atoms with Crippen molar-refractivity contribution in [2.75, 3.05) is 6.54 Å². The van der Waals surface area contributed by atoms with Gasteiger partial charge in [0.05, 0.1) is 0 Å². The summed E-state index contributed by atoms with van der Waals surface area (Å²) in [5.74, 6) is -0.100. The van der Waals surface area contributed by atoms with E-state index < -0.39 is 15.9 Å². The van der Waals surface area contributed by atoms with Gasteiger partial charge in [-0.2, -0.15) is 8.42 Å². The van der Waals surface area contributed by atoms with Gasteiger partial charge in [0.1, 0.15) is 16.5 Å². The van der Waals surface area contributed by atoms with Crippen LogP contribution in [0.3, 0.4) is 0 Å². The molecule has 0 atom stereocenters. The molecule has 0 spiro atoms. The zero-order valence-electron chi connectivity index (χ0n) is 17.0. The number of halogens is 2. The summed E-state index contributed by atoms with van der Waals surface area (Å²) < 4.78 is 43.8. The first-order chi connectivity index (χ1) is 14.2. The second kappa shape index (κ2) is 9.35. The van der Waals surface area contributed by atoms with E-state index in [1.807, 2.05) is 13.8 Å². The van der Waals surface area contributed by atoms with E-state index in [1.54, 1.807) is 11.0 Å². The van der Waals surface area contributed by atoms with Gasteiger partial charge in [-0.25, -0.2) is 4.39 Å². The third-order valence-electron chi connectivity index (χ3n) is 5.04. The molecule has 2 aromatic rings. The second-order valence-electron chi connectivity index (χ2n) is 7.98. The molecule has 0 saturated heterocycles. The lowest BCUT2D eigenvalue weighted by Crippen LogP contribution is -2.40. The van der Waals surface area contributed by atoms with Gasteiger partial charge in [-0.1, -0.05) is 31.9 Å². The Labute approximate surface area is 181 Å². The van der Waals surface area contributed by atoms with Crippen molar-refractivity contribution in [3.63, 3.8) is 0 Å². The van der Waals surface area contributed by atoms with Gasteiger partial charge in [0.15, 0.2) is 0 Å². The summed E-state index contributed by atoms with van der Waals surface area (Å²) in [5, 5.41) is 0.414. The number of hydrogen-bond acceptors (Lipinski definition) is 4. The summed E-state index contributed by atoms with van der Waals surface area (Å²) in [6.07, 6.45) is 2.81. The highest BCUT2D eigenvalue weighted by Gasteiger charge is 2.30. The fraction of sp³-hybridized carbons (Fsp3) is 0.409. The number of hydrogen-bond donors (Lipinski definition) is 0. The molecule has 1 fully saturated rings. The van der Waals surface area contributed by atoms with Gasteiger partial charge in [-0.15, -0.1) is 0 Å². The molecule has 0 aliphatic heterocycles. The topological polar surface area (TPSA) is 63.7 Å². The first kappa shape index (κ1) is 22.6. The minimum Gasteiger partial charge on any atom is -0.379 e. The first-order valence-electron chi connectivity index (χ1n) is 9.93. The molecule has 5 nitrogen and oxygen atoms in total. The van der Waals surface area contributed by atoms with Gasteiger partial charge in [-0.05, 0) is 61.2 Å². The predicted octanol–water partition coefficient (Wildman–Crippen LogP) is 5.03. The number of nitrogens with zero attached hydrogens (tertiary/aromatic N) is 1. The minimum absolute atomic E-state index is 0.0234. The molecule has 3 rings (SSSR count). The lowest BCUT2D eigenvalue weighted by Gasteiger charge is -2.33. The van der Waals surface area contributed by atoms with Gasteiger partial charge in [0.2, 0.25) is 5.91 Å². The quantitative estimate of drug-likeness (QED) is 0.526. The van der Waals surface area contributed by atoms with Crippen molar-refractivity contribution in [3.05, 3.63) is 58.9 Å². The molecule has 0 radical (unpaired) electrons. The zero-order chi connectivity index (χ0) is 21.9. The maximum atomic E-state index is 13.1. The fourth-order valence-electron chi connectivity index (χ4n) is 3.31. The van der Waals surface area contributed by atoms with E-state index >= 15 is 0 Å². The zero-order valence-corrected chi connectivity index (χ0v) is 18.5. The highest BCUT2D eigenvalue weighted by atomic mass is 35.5. The van der Waals surface area contributed by atoms with Crippen LogP contribution in [0, 0.1) is 17.7 Å². The molecule has 1 aliphatic rings. The molecule has 2 aromatic carbocycles. The predicted molar refractivity (Wildman–Crippen MR) is 113 cm³/mol. The summed E-state index contributed by atoms with van der Waals surface area (Å²) in [6.45, 7) is 4.79. The van der Waals surface area contributed by atoms with E-state index in [0.717, 1.165) is 43.5 Å². The average Bonchev–Trinajstić information content (AvgIpc) is 2.62. The maximum absolute atomic E-state index is 13.1. The Hall–Kier alpha value is -2.12. The summed E-state index contributed by atoms with van der Waals surface area (Å²) in [5.41, 5.74) is 0.501. The lowest BCUT2D eigenvalue weighted by molar-refractivity contribution is -0.139. The van der Waals surface area contributed by atoms with Crippen LogP contribution in [0.4, 0.5) is 4.39 Å². The Balaban J connectivity index is 1.88. The number of carbonyl (C=O) groups excluding carboxylic acids is 1. The Morgan fingerprint density at radius 3 is 2.43 bits per heavy atom. The molecule has 1 saturated carbocycles. The molecule has 162 valence electrons. The molecular formula is C22H25ClFNO4S. The summed E-state index contributed by atoms with van der Waals surface area (Å²) >= 11 is 6.14. The Morgan fingerprint density at radius 1 is 1.20 bits per heavy atom. The van der Waals surface area contributed by atoms with Crippen LogP contribution < -0.4 is 4.18 Å². The van der Waals surface area contributed by atoms with Crippen molar-refractivity contribution in [1.29, 1.82) is 0 Å². The number of carbonyl (C=O) groups is 1. The van der Waals surface area contributed by atoms with E-state index in [4.69, 9.17) is 15.8 Å². The van der Waals surface area contributed by atoms with Gasteiger partial charge in [0, 0.05) is 29.6 Å². The number of benzene rings is 2. The minimum atomic E-state index is -4.17. The van der Waals surface area contributed by atoms with Crippen molar-refractivity contribution in [1.82, 2.24) is 4.90 Å². The Morgan fingerprint density at radius 2 is 1.87 bits per heavy atom. The molecular weight excluding hydrogens is 429 g/mol. The van der Waals surface area contributed by atoms with Crippen LogP contribution in [0.1, 0.15) is 38.7 Å². The van der Waals surface area contributed by atoms with Gasteiger partial charge in [-0.3, -0.25) is 4.79 Å². The van der Waals surface area contributed by atoms with Crippen LogP contribution in [-0.2, 0) is 21.5 Å². The van der Waals surface area contributed by atoms with Crippen LogP contribution in [0.2, 0.25) is 5.02 Å². The van der Waals surface area contributed by atoms with Crippen LogP contribution in [0.15, 0.2) is 47.4 Å². The normalized spacial score (nSPS) is 14.4. The molecule has 0 N–H and O–H groups in total. The summed E-state index contributed by atoms with van der Waals surface area (Å²) in [7, 11) is -4.17. The molecule has 0 heterocycles. The van der Waals surface area contributed by atoms with E-state index in [2.05, 4.69) is 0 Å². The number of rotatable bonds is 8. The van der Waals surface area contributed by atoms with Crippen LogP contribution in [-0.4, -0.2) is 25.8 Å². The lowest BCUT2D eigenvalue weighted by atomic mass is 9.84. The van der Waals surface area contributed by atoms with Gasteiger partial charge >= 0.3 is 10.1 Å². The van der Waals surface area contributed by atoms with Gasteiger partial charge < -0.3 is 9.08 Å². The molecule has 0 unspecified atom stereocenters. The first-order valence-corrected chi connectivity index (χ1v) is 11.7. The molecule has 0 aromatic heterocycles. The molecule has 0 bridgehead atoms. The molecule has 1 aliphatic carbocycles. The van der Waals surface area contributed by atoms with Gasteiger partial charge in [0.25, 0.3) is 0 Å². The highest BCUT2D eigenvalue weighted by Crippen LogP contribution is 2.32. The van der Waals surface area contributed by atoms with Crippen molar-refractivity contribution in [2.45, 2.75) is 44.6 Å². The molecule has 1 amide bonds. The van der Waals surface area contributed by atoms with Crippen molar-refractivity contribution in [3.8, 4) is 5.75 Å². The molecule has 30 heavy (non-hydrogen) atoms. The van der Waals surface area contributed by atoms with Crippen LogP contribution >= 0.6 is 11.6 Å². The average molecular weight is 454 g/mol. The molecule has 8 heteroatoms. The fourth-order valence-corrected chi connectivity index (χ4v) is 4.47. The maximum Gasteiger partial charge on any atom is 0.339 e. The van der Waals surface area contributed by atoms with Crippen molar-refractivity contribution >= 4 is 27.6 Å². The van der Waals surface area contributed by atoms with Crippen LogP contribution in [0.25, 0.3) is 0 Å². The van der Waals surface area contributed by atoms with Crippen molar-refractivity contribution in [2.24, 2.45) is 11.8 Å². The SMILES string of the molecule is CC(C)CN(Cc1cc(Cl)ccc1OS(=O)(=O)c1ccc(F)cc1)C(=O)C1CCC1. The second-order valence-corrected chi connectivity index (χ2v) is 9.97. The van der Waals surface area contributed by atoms with Crippen molar-refractivity contribution < 1.29 is 21.8 Å². The summed E-state index contributed by atoms with van der Waals surface area (Å²) in [6, 6.07) is 9.01. The van der Waals surface area contributed by atoms with E-state index in [0.29, 0.717) is 17.1 Å². The third kappa shape index (κ3) is 5.52. The smallest absolute Gasteiger partial charge is 0.339 e. The third-order valence-corrected chi connectivity index (χ3v) is 6.52. The standard InChI is InChI=1S/C22H25ClFNO4S/c1-15(2)13-25(22(26)16-4-3-5-16)14-17-12-18(23)6-11-21(17)29-30(27,28)20-9-7-19(24)8-10-20/h6-12,15-16H,3-5,13-14H2,1-2H3. The van der Waals surface area contributed by atoms with E-state index in [1.165, 1.54) is 12.1 Å². The van der Waals surface area contributed by atoms with E-state index in [9.17, 15) is 17.6 Å². The Kier molecular flexibility index (Phi) is 7.03. The van der Waals surface area contributed by atoms with E-state index in [-0.39, 0.29) is 34.9 Å². The van der Waals surface area contributed by atoms with Crippen LogP contribution in [0.5, 0.6) is 5.75 Å². The highest BCUT2D eigenvalue weighted by molar-refractivity contribution is 7.87. The number of amides is 1. The Bertz CT molecular complexity index is 1000. The summed E-state index contributed by atoms with van der Waals surface area (Å²) in [4.78, 5) is 14.5. The monoisotopic (exact) mass is 453 g/mol.